The SMILES string of the molecule is Cc1nc2cnccc2n1CCCOC1CCCCO1. The van der Waals surface area contributed by atoms with Gasteiger partial charge in [-0.15, -0.1) is 0 Å². The summed E-state index contributed by atoms with van der Waals surface area (Å²) in [7, 11) is 0. The Morgan fingerprint density at radius 2 is 2.40 bits per heavy atom. The fourth-order valence-electron chi connectivity index (χ4n) is 2.66. The Balaban J connectivity index is 1.53. The molecule has 1 atom stereocenters. The van der Waals surface area contributed by atoms with Crippen molar-refractivity contribution >= 4 is 11.0 Å². The minimum atomic E-state index is 0.00794. The minimum Gasteiger partial charge on any atom is -0.353 e. The highest BCUT2D eigenvalue weighted by Gasteiger charge is 2.13. The van der Waals surface area contributed by atoms with E-state index in [2.05, 4.69) is 14.5 Å². The summed E-state index contributed by atoms with van der Waals surface area (Å²) in [6, 6.07) is 2.01. The molecule has 0 N–H and O–H groups in total. The van der Waals surface area contributed by atoms with E-state index in [1.807, 2.05) is 25.4 Å². The normalized spacial score (nSPS) is 19.6. The van der Waals surface area contributed by atoms with E-state index >= 15 is 0 Å². The minimum absolute atomic E-state index is 0.00794. The van der Waals surface area contributed by atoms with Crippen LogP contribution in [0.25, 0.3) is 11.0 Å². The van der Waals surface area contributed by atoms with Crippen molar-refractivity contribution in [1.82, 2.24) is 14.5 Å². The molecule has 1 unspecified atom stereocenters. The van der Waals surface area contributed by atoms with Gasteiger partial charge in [-0.3, -0.25) is 4.98 Å². The van der Waals surface area contributed by atoms with Crippen LogP contribution in [0.5, 0.6) is 0 Å². The summed E-state index contributed by atoms with van der Waals surface area (Å²) in [6.07, 6.45) is 8.00. The second-order valence-electron chi connectivity index (χ2n) is 5.20. The summed E-state index contributed by atoms with van der Waals surface area (Å²) in [5, 5.41) is 0. The first-order chi connectivity index (χ1) is 9.84. The zero-order valence-electron chi connectivity index (χ0n) is 11.9. The topological polar surface area (TPSA) is 49.2 Å². The second kappa shape index (κ2) is 6.33. The maximum absolute atomic E-state index is 5.76. The lowest BCUT2D eigenvalue weighted by atomic mass is 10.2. The molecule has 1 fully saturated rings. The van der Waals surface area contributed by atoms with Crippen molar-refractivity contribution in [1.29, 1.82) is 0 Å². The number of imidazole rings is 1. The van der Waals surface area contributed by atoms with Gasteiger partial charge in [-0.25, -0.2) is 4.98 Å². The molecule has 3 heterocycles. The predicted molar refractivity (Wildman–Crippen MR) is 76.4 cm³/mol. The molecule has 2 aromatic rings. The van der Waals surface area contributed by atoms with Crippen LogP contribution in [0.2, 0.25) is 0 Å². The molecular weight excluding hydrogens is 254 g/mol. The molecule has 0 amide bonds. The van der Waals surface area contributed by atoms with Crippen molar-refractivity contribution < 1.29 is 9.47 Å². The Bertz CT molecular complexity index is 561. The van der Waals surface area contributed by atoms with E-state index in [0.717, 1.165) is 55.9 Å². The summed E-state index contributed by atoms with van der Waals surface area (Å²) >= 11 is 0. The van der Waals surface area contributed by atoms with E-state index in [-0.39, 0.29) is 6.29 Å². The van der Waals surface area contributed by atoms with Crippen LogP contribution in [-0.4, -0.2) is 34.0 Å². The monoisotopic (exact) mass is 275 g/mol. The van der Waals surface area contributed by atoms with Crippen molar-refractivity contribution in [3.05, 3.63) is 24.3 Å². The molecule has 1 aliphatic rings. The smallest absolute Gasteiger partial charge is 0.157 e. The third-order valence-corrected chi connectivity index (χ3v) is 3.71. The summed E-state index contributed by atoms with van der Waals surface area (Å²) in [5.74, 6) is 1.03. The highest BCUT2D eigenvalue weighted by atomic mass is 16.7. The van der Waals surface area contributed by atoms with Gasteiger partial charge in [-0.2, -0.15) is 0 Å². The molecule has 3 rings (SSSR count). The predicted octanol–water partition coefficient (Wildman–Crippen LogP) is 2.67. The van der Waals surface area contributed by atoms with Crippen LogP contribution < -0.4 is 0 Å². The van der Waals surface area contributed by atoms with Crippen molar-refractivity contribution in [2.45, 2.75) is 45.4 Å². The van der Waals surface area contributed by atoms with Gasteiger partial charge in [0.1, 0.15) is 11.3 Å². The molecule has 0 saturated carbocycles. The number of fused-ring (bicyclic) bond motifs is 1. The van der Waals surface area contributed by atoms with Crippen LogP contribution in [0, 0.1) is 6.92 Å². The van der Waals surface area contributed by atoms with Gasteiger partial charge >= 0.3 is 0 Å². The number of hydrogen-bond donors (Lipinski definition) is 0. The zero-order valence-corrected chi connectivity index (χ0v) is 11.9. The third kappa shape index (κ3) is 2.99. The van der Waals surface area contributed by atoms with Crippen LogP contribution in [0.15, 0.2) is 18.5 Å². The molecule has 0 radical (unpaired) electrons. The zero-order chi connectivity index (χ0) is 13.8. The highest BCUT2D eigenvalue weighted by molar-refractivity contribution is 5.74. The number of nitrogens with zero attached hydrogens (tertiary/aromatic N) is 3. The molecule has 20 heavy (non-hydrogen) atoms. The third-order valence-electron chi connectivity index (χ3n) is 3.71. The molecule has 0 aromatic carbocycles. The van der Waals surface area contributed by atoms with Gasteiger partial charge in [0.25, 0.3) is 0 Å². The van der Waals surface area contributed by atoms with Crippen LogP contribution in [0.4, 0.5) is 0 Å². The first-order valence-electron chi connectivity index (χ1n) is 7.34. The van der Waals surface area contributed by atoms with E-state index in [0.29, 0.717) is 0 Å². The van der Waals surface area contributed by atoms with E-state index in [4.69, 9.17) is 9.47 Å². The number of pyridine rings is 1. The van der Waals surface area contributed by atoms with Gasteiger partial charge in [0, 0.05) is 19.3 Å². The molecule has 2 aromatic heterocycles. The first kappa shape index (κ1) is 13.5. The number of hydrogen-bond acceptors (Lipinski definition) is 4. The quantitative estimate of drug-likeness (QED) is 0.787. The standard InChI is InChI=1S/C15H21N3O2/c1-12-17-13-11-16-7-6-14(13)18(12)8-4-10-20-15-5-2-3-9-19-15/h6-7,11,15H,2-5,8-10H2,1H3. The molecule has 1 saturated heterocycles. The van der Waals surface area contributed by atoms with Gasteiger partial charge < -0.3 is 14.0 Å². The van der Waals surface area contributed by atoms with E-state index in [1.54, 1.807) is 0 Å². The van der Waals surface area contributed by atoms with Crippen molar-refractivity contribution in [3.8, 4) is 0 Å². The van der Waals surface area contributed by atoms with Gasteiger partial charge in [-0.1, -0.05) is 0 Å². The average molecular weight is 275 g/mol. The average Bonchev–Trinajstić information content (AvgIpc) is 2.80. The highest BCUT2D eigenvalue weighted by Crippen LogP contribution is 2.16. The second-order valence-corrected chi connectivity index (χ2v) is 5.20. The number of aryl methyl sites for hydroxylation is 2. The first-order valence-corrected chi connectivity index (χ1v) is 7.34. The van der Waals surface area contributed by atoms with Crippen LogP contribution >= 0.6 is 0 Å². The number of aromatic nitrogens is 3. The van der Waals surface area contributed by atoms with Crippen molar-refractivity contribution in [3.63, 3.8) is 0 Å². The fourth-order valence-corrected chi connectivity index (χ4v) is 2.66. The summed E-state index contributed by atoms with van der Waals surface area (Å²) in [5.41, 5.74) is 2.10. The van der Waals surface area contributed by atoms with E-state index in [1.165, 1.54) is 6.42 Å². The molecule has 108 valence electrons. The van der Waals surface area contributed by atoms with Crippen LogP contribution in [0.3, 0.4) is 0 Å². The number of ether oxygens (including phenoxy) is 2. The van der Waals surface area contributed by atoms with Gasteiger partial charge in [0.2, 0.25) is 0 Å². The summed E-state index contributed by atoms with van der Waals surface area (Å²) in [6.45, 7) is 4.52. The van der Waals surface area contributed by atoms with Crippen molar-refractivity contribution in [2.75, 3.05) is 13.2 Å². The van der Waals surface area contributed by atoms with Gasteiger partial charge in [-0.05, 0) is 38.7 Å². The Kier molecular flexibility index (Phi) is 4.28. The van der Waals surface area contributed by atoms with Gasteiger partial charge in [0.15, 0.2) is 6.29 Å². The largest absolute Gasteiger partial charge is 0.353 e. The number of rotatable bonds is 5. The maximum Gasteiger partial charge on any atom is 0.157 e. The Hall–Kier alpha value is -1.46. The summed E-state index contributed by atoms with van der Waals surface area (Å²) in [4.78, 5) is 8.62. The molecular formula is C15H21N3O2. The lowest BCUT2D eigenvalue weighted by Crippen LogP contribution is -2.23. The lowest BCUT2D eigenvalue weighted by molar-refractivity contribution is -0.162. The molecule has 0 bridgehead atoms. The van der Waals surface area contributed by atoms with Crippen molar-refractivity contribution in [2.24, 2.45) is 0 Å². The molecule has 5 heteroatoms. The van der Waals surface area contributed by atoms with Crippen LogP contribution in [0.1, 0.15) is 31.5 Å². The maximum atomic E-state index is 5.76. The van der Waals surface area contributed by atoms with E-state index < -0.39 is 0 Å². The van der Waals surface area contributed by atoms with E-state index in [9.17, 15) is 0 Å². The molecule has 0 aliphatic carbocycles. The Morgan fingerprint density at radius 3 is 3.25 bits per heavy atom. The fraction of sp³-hybridized carbons (Fsp3) is 0.600. The summed E-state index contributed by atoms with van der Waals surface area (Å²) < 4.78 is 13.5. The Labute approximate surface area is 118 Å². The van der Waals surface area contributed by atoms with Gasteiger partial charge in [0.05, 0.1) is 18.3 Å². The Morgan fingerprint density at radius 1 is 1.45 bits per heavy atom. The van der Waals surface area contributed by atoms with Crippen LogP contribution in [-0.2, 0) is 16.0 Å². The molecule has 5 nitrogen and oxygen atoms in total. The lowest BCUT2D eigenvalue weighted by Gasteiger charge is -2.22. The molecule has 0 spiro atoms. The molecule has 1 aliphatic heterocycles.